The second-order valence-electron chi connectivity index (χ2n) is 6.77. The Kier molecular flexibility index (Phi) is 5.70. The minimum atomic E-state index is -0.733. The highest BCUT2D eigenvalue weighted by atomic mass is 19.1. The van der Waals surface area contributed by atoms with Crippen LogP contribution in [-0.2, 0) is 4.79 Å². The predicted octanol–water partition coefficient (Wildman–Crippen LogP) is 5.01. The Morgan fingerprint density at radius 1 is 1.00 bits per heavy atom. The minimum Gasteiger partial charge on any atom is -0.484 e. The molecule has 0 spiro atoms. The van der Waals surface area contributed by atoms with Gasteiger partial charge >= 0.3 is 0 Å². The molecule has 1 amide bonds. The molecule has 8 heteroatoms. The average molecular weight is 421 g/mol. The Bertz CT molecular complexity index is 1210. The maximum absolute atomic E-state index is 13.6. The molecule has 1 N–H and O–H groups in total. The fraction of sp³-hybridized carbons (Fsp3) is 0.0870. The van der Waals surface area contributed by atoms with Crippen LogP contribution in [0, 0.1) is 18.6 Å². The molecule has 156 valence electrons. The first-order valence-electron chi connectivity index (χ1n) is 9.37. The SMILES string of the molecule is Cc1ccc(-c2noc(-c3ccc(OCC(=O)Nc4cc(F)ccc4F)cc3)n2)cc1. The molecule has 6 nitrogen and oxygen atoms in total. The standard InChI is InChI=1S/C23H17F2N3O3/c1-14-2-4-15(5-3-14)22-27-23(31-28-22)16-6-9-18(10-7-16)30-13-21(29)26-20-12-17(24)8-11-19(20)25/h2-12H,13H2,1H3,(H,26,29). The van der Waals surface area contributed by atoms with E-state index >= 15 is 0 Å². The molecule has 0 saturated carbocycles. The Hall–Kier alpha value is -4.07. The molecule has 4 aromatic rings. The van der Waals surface area contributed by atoms with Crippen molar-refractivity contribution in [3.05, 3.63) is 83.9 Å². The van der Waals surface area contributed by atoms with Gasteiger partial charge in [0, 0.05) is 17.2 Å². The van der Waals surface area contributed by atoms with E-state index in [4.69, 9.17) is 9.26 Å². The normalized spacial score (nSPS) is 10.7. The summed E-state index contributed by atoms with van der Waals surface area (Å²) in [4.78, 5) is 16.3. The van der Waals surface area contributed by atoms with Crippen molar-refractivity contribution >= 4 is 11.6 Å². The van der Waals surface area contributed by atoms with E-state index in [0.29, 0.717) is 23.0 Å². The van der Waals surface area contributed by atoms with Crippen LogP contribution in [0.15, 0.2) is 71.3 Å². The molecule has 31 heavy (non-hydrogen) atoms. The Morgan fingerprint density at radius 2 is 1.71 bits per heavy atom. The lowest BCUT2D eigenvalue weighted by atomic mass is 10.1. The lowest BCUT2D eigenvalue weighted by molar-refractivity contribution is -0.118. The van der Waals surface area contributed by atoms with E-state index in [2.05, 4.69) is 15.5 Å². The van der Waals surface area contributed by atoms with Crippen LogP contribution in [0.5, 0.6) is 5.75 Å². The average Bonchev–Trinajstić information content (AvgIpc) is 3.26. The Labute approximate surface area is 176 Å². The van der Waals surface area contributed by atoms with E-state index in [1.807, 2.05) is 31.2 Å². The van der Waals surface area contributed by atoms with Gasteiger partial charge in [-0.2, -0.15) is 4.98 Å². The molecule has 0 radical (unpaired) electrons. The van der Waals surface area contributed by atoms with Crippen molar-refractivity contribution in [2.45, 2.75) is 6.92 Å². The highest BCUT2D eigenvalue weighted by Crippen LogP contribution is 2.24. The maximum atomic E-state index is 13.6. The number of halogens is 2. The Balaban J connectivity index is 1.37. The van der Waals surface area contributed by atoms with E-state index in [0.717, 1.165) is 29.3 Å². The van der Waals surface area contributed by atoms with Crippen LogP contribution < -0.4 is 10.1 Å². The van der Waals surface area contributed by atoms with E-state index in [1.54, 1.807) is 24.3 Å². The number of carbonyl (C=O) groups excluding carboxylic acids is 1. The van der Waals surface area contributed by atoms with Crippen LogP contribution in [0.2, 0.25) is 0 Å². The first-order chi connectivity index (χ1) is 15.0. The van der Waals surface area contributed by atoms with Gasteiger partial charge in [0.25, 0.3) is 11.8 Å². The lowest BCUT2D eigenvalue weighted by Gasteiger charge is -2.08. The van der Waals surface area contributed by atoms with Gasteiger partial charge < -0.3 is 14.6 Å². The van der Waals surface area contributed by atoms with Gasteiger partial charge in [0.2, 0.25) is 5.82 Å². The van der Waals surface area contributed by atoms with Crippen LogP contribution in [0.1, 0.15) is 5.56 Å². The second-order valence-corrected chi connectivity index (χ2v) is 6.77. The number of hydrogen-bond donors (Lipinski definition) is 1. The maximum Gasteiger partial charge on any atom is 0.262 e. The van der Waals surface area contributed by atoms with Gasteiger partial charge in [-0.05, 0) is 43.3 Å². The second kappa shape index (κ2) is 8.74. The zero-order chi connectivity index (χ0) is 21.8. The predicted molar refractivity (Wildman–Crippen MR) is 110 cm³/mol. The molecule has 0 aliphatic rings. The summed E-state index contributed by atoms with van der Waals surface area (Å²) >= 11 is 0. The zero-order valence-electron chi connectivity index (χ0n) is 16.4. The van der Waals surface area contributed by atoms with E-state index in [9.17, 15) is 13.6 Å². The first-order valence-corrected chi connectivity index (χ1v) is 9.37. The number of hydrogen-bond acceptors (Lipinski definition) is 5. The topological polar surface area (TPSA) is 77.2 Å². The van der Waals surface area contributed by atoms with Gasteiger partial charge in [-0.25, -0.2) is 8.78 Å². The van der Waals surface area contributed by atoms with Crippen LogP contribution in [0.4, 0.5) is 14.5 Å². The van der Waals surface area contributed by atoms with E-state index in [-0.39, 0.29) is 12.3 Å². The number of aromatic nitrogens is 2. The van der Waals surface area contributed by atoms with Crippen LogP contribution in [0.25, 0.3) is 22.8 Å². The Morgan fingerprint density at radius 3 is 2.45 bits per heavy atom. The summed E-state index contributed by atoms with van der Waals surface area (Å²) < 4.78 is 37.5. The van der Waals surface area contributed by atoms with Gasteiger partial charge in [0.15, 0.2) is 6.61 Å². The van der Waals surface area contributed by atoms with Crippen LogP contribution in [-0.4, -0.2) is 22.7 Å². The molecule has 0 unspecified atom stereocenters. The van der Waals surface area contributed by atoms with E-state index < -0.39 is 17.5 Å². The minimum absolute atomic E-state index is 0.246. The molecule has 0 fully saturated rings. The summed E-state index contributed by atoms with van der Waals surface area (Å²) in [5, 5.41) is 6.27. The number of nitrogens with one attached hydrogen (secondary N) is 1. The monoisotopic (exact) mass is 421 g/mol. The molecular formula is C23H17F2N3O3. The molecule has 0 aliphatic carbocycles. The molecule has 1 aromatic heterocycles. The largest absolute Gasteiger partial charge is 0.484 e. The van der Waals surface area contributed by atoms with Crippen LogP contribution in [0.3, 0.4) is 0 Å². The summed E-state index contributed by atoms with van der Waals surface area (Å²) in [7, 11) is 0. The van der Waals surface area contributed by atoms with Crippen molar-refractivity contribution < 1.29 is 22.8 Å². The van der Waals surface area contributed by atoms with Crippen LogP contribution >= 0.6 is 0 Å². The highest BCUT2D eigenvalue weighted by molar-refractivity contribution is 5.92. The van der Waals surface area contributed by atoms with Crippen molar-refractivity contribution in [1.82, 2.24) is 10.1 Å². The molecule has 0 aliphatic heterocycles. The summed E-state index contributed by atoms with van der Waals surface area (Å²) in [6, 6.07) is 17.3. The number of carbonyl (C=O) groups is 1. The quantitative estimate of drug-likeness (QED) is 0.474. The number of anilines is 1. The lowest BCUT2D eigenvalue weighted by Crippen LogP contribution is -2.20. The van der Waals surface area contributed by atoms with Crippen molar-refractivity contribution in [1.29, 1.82) is 0 Å². The van der Waals surface area contributed by atoms with Gasteiger partial charge in [0.1, 0.15) is 17.4 Å². The summed E-state index contributed by atoms with van der Waals surface area (Å²) in [6.07, 6.45) is 0. The van der Waals surface area contributed by atoms with Crippen molar-refractivity contribution in [2.24, 2.45) is 0 Å². The number of amides is 1. The fourth-order valence-electron chi connectivity index (χ4n) is 2.78. The van der Waals surface area contributed by atoms with Gasteiger partial charge in [-0.1, -0.05) is 35.0 Å². The highest BCUT2D eigenvalue weighted by Gasteiger charge is 2.12. The van der Waals surface area contributed by atoms with Crippen molar-refractivity contribution in [2.75, 3.05) is 11.9 Å². The first kappa shape index (κ1) is 20.2. The molecule has 0 bridgehead atoms. The van der Waals surface area contributed by atoms with Gasteiger partial charge in [-0.15, -0.1) is 0 Å². The van der Waals surface area contributed by atoms with E-state index in [1.165, 1.54) is 0 Å². The molecular weight excluding hydrogens is 404 g/mol. The van der Waals surface area contributed by atoms with Gasteiger partial charge in [0.05, 0.1) is 5.69 Å². The number of nitrogens with zero attached hydrogens (tertiary/aromatic N) is 2. The third kappa shape index (κ3) is 4.92. The third-order valence-corrected chi connectivity index (χ3v) is 4.41. The third-order valence-electron chi connectivity index (χ3n) is 4.41. The zero-order valence-corrected chi connectivity index (χ0v) is 16.4. The smallest absolute Gasteiger partial charge is 0.262 e. The number of ether oxygens (including phenoxy) is 1. The van der Waals surface area contributed by atoms with Gasteiger partial charge in [-0.3, -0.25) is 4.79 Å². The van der Waals surface area contributed by atoms with Crippen molar-refractivity contribution in [3.63, 3.8) is 0 Å². The summed E-state index contributed by atoms with van der Waals surface area (Å²) in [5.74, 6) is -0.758. The molecule has 3 aromatic carbocycles. The molecule has 1 heterocycles. The molecule has 4 rings (SSSR count). The fourth-order valence-corrected chi connectivity index (χ4v) is 2.78. The molecule has 0 atom stereocenters. The number of benzene rings is 3. The number of rotatable bonds is 6. The summed E-state index contributed by atoms with van der Waals surface area (Å²) in [6.45, 7) is 1.63. The number of aryl methyl sites for hydroxylation is 1. The van der Waals surface area contributed by atoms with Crippen molar-refractivity contribution in [3.8, 4) is 28.6 Å². The molecule has 0 saturated heterocycles. The summed E-state index contributed by atoms with van der Waals surface area (Å²) in [5.41, 5.74) is 2.42.